The third kappa shape index (κ3) is 11.1. The number of rotatable bonds is 16. The maximum Gasteiger partial charge on any atom is 0.573 e. The van der Waals surface area contributed by atoms with E-state index in [1.165, 1.54) is 43.3 Å². The van der Waals surface area contributed by atoms with E-state index in [1.54, 1.807) is 41.0 Å². The number of hydrogen-bond donors (Lipinski definition) is 0. The number of Topliss-reactive ketones (excluding diaryl/α,β-unsaturated/α-hetero) is 1. The monoisotopic (exact) mass is 805 g/mol. The Hall–Kier alpha value is -5.56. The third-order valence-corrected chi connectivity index (χ3v) is 10.5. The van der Waals surface area contributed by atoms with Gasteiger partial charge in [-0.3, -0.25) is 19.3 Å². The molecule has 308 valence electrons. The van der Waals surface area contributed by atoms with E-state index in [-0.39, 0.29) is 67.6 Å². The number of esters is 1. The van der Waals surface area contributed by atoms with E-state index < -0.39 is 23.5 Å². The van der Waals surface area contributed by atoms with E-state index in [0.29, 0.717) is 48.4 Å². The molecule has 1 aliphatic heterocycles. The lowest BCUT2D eigenvalue weighted by Crippen LogP contribution is -2.57. The number of para-hydroxylation sites is 1. The summed E-state index contributed by atoms with van der Waals surface area (Å²) >= 11 is 0. The van der Waals surface area contributed by atoms with Crippen LogP contribution in [0, 0.1) is 11.6 Å². The Morgan fingerprint density at radius 1 is 0.879 bits per heavy atom. The highest BCUT2D eigenvalue weighted by Gasteiger charge is 2.40. The summed E-state index contributed by atoms with van der Waals surface area (Å²) in [4.78, 5) is 46.0. The lowest BCUT2D eigenvalue weighted by molar-refractivity contribution is -0.274. The molecule has 0 bridgehead atoms. The van der Waals surface area contributed by atoms with Crippen LogP contribution in [0.15, 0.2) is 103 Å². The average Bonchev–Trinajstić information content (AvgIpc) is 3.18. The van der Waals surface area contributed by atoms with Crippen LogP contribution in [0.1, 0.15) is 68.4 Å². The molecule has 0 spiro atoms. The summed E-state index contributed by atoms with van der Waals surface area (Å²) in [6, 6.07) is 22.9. The minimum absolute atomic E-state index is 0.167. The van der Waals surface area contributed by atoms with Gasteiger partial charge in [0.15, 0.2) is 5.78 Å². The Morgan fingerprint density at radius 2 is 1.50 bits per heavy atom. The fourth-order valence-corrected chi connectivity index (χ4v) is 7.18. The fraction of sp³-hybridized carbons (Fsp3) is 0.356. The first-order valence-corrected chi connectivity index (χ1v) is 19.1. The van der Waals surface area contributed by atoms with Crippen LogP contribution < -0.4 is 9.64 Å². The average molecular weight is 806 g/mol. The molecule has 4 aromatic carbocycles. The summed E-state index contributed by atoms with van der Waals surface area (Å²) in [7, 11) is 0. The Labute approximate surface area is 335 Å². The number of halogens is 5. The van der Waals surface area contributed by atoms with Crippen molar-refractivity contribution in [2.45, 2.75) is 77.9 Å². The van der Waals surface area contributed by atoms with Crippen LogP contribution in [0.4, 0.5) is 27.6 Å². The van der Waals surface area contributed by atoms with Crippen molar-refractivity contribution in [1.29, 1.82) is 0 Å². The summed E-state index contributed by atoms with van der Waals surface area (Å²) in [5, 5.41) is 0. The second-order valence-corrected chi connectivity index (χ2v) is 14.7. The Balaban J connectivity index is 1.43. The topological polar surface area (TPSA) is 79.4 Å². The van der Waals surface area contributed by atoms with Gasteiger partial charge in [0.1, 0.15) is 29.5 Å². The molecule has 0 saturated carbocycles. The maximum absolute atomic E-state index is 14.8. The Kier molecular flexibility index (Phi) is 14.1. The van der Waals surface area contributed by atoms with Crippen molar-refractivity contribution in [3.05, 3.63) is 132 Å². The minimum atomic E-state index is -4.80. The van der Waals surface area contributed by atoms with Gasteiger partial charge in [0.25, 0.3) is 0 Å². The number of ketones is 1. The molecule has 1 aliphatic rings. The second kappa shape index (κ2) is 18.8. The van der Waals surface area contributed by atoms with Gasteiger partial charge in [-0.15, -0.1) is 13.2 Å². The summed E-state index contributed by atoms with van der Waals surface area (Å²) in [5.74, 6) is -2.53. The highest BCUT2D eigenvalue weighted by atomic mass is 19.4. The number of ether oxygens (including phenoxy) is 2. The quantitative estimate of drug-likeness (QED) is 0.0635. The number of hydrogen-bond acceptors (Lipinski definition) is 7. The Bertz CT molecular complexity index is 2080. The molecule has 5 rings (SSSR count). The number of nitrogens with zero attached hydrogens (tertiary/aromatic N) is 3. The predicted molar refractivity (Wildman–Crippen MR) is 212 cm³/mol. The molecule has 13 heteroatoms. The molecule has 4 aromatic rings. The van der Waals surface area contributed by atoms with E-state index in [4.69, 9.17) is 4.74 Å². The van der Waals surface area contributed by atoms with Crippen molar-refractivity contribution in [2.24, 2.45) is 0 Å². The van der Waals surface area contributed by atoms with E-state index in [0.717, 1.165) is 17.2 Å². The zero-order valence-electron chi connectivity index (χ0n) is 33.1. The smallest absolute Gasteiger partial charge is 0.465 e. The molecule has 0 aliphatic carbocycles. The van der Waals surface area contributed by atoms with Crippen LogP contribution in [0.25, 0.3) is 11.1 Å². The fourth-order valence-electron chi connectivity index (χ4n) is 7.18. The molecule has 8 nitrogen and oxygen atoms in total. The molecule has 1 heterocycles. The first kappa shape index (κ1) is 43.6. The highest BCUT2D eigenvalue weighted by Crippen LogP contribution is 2.31. The molecule has 1 amide bonds. The largest absolute Gasteiger partial charge is 0.573 e. The third-order valence-electron chi connectivity index (χ3n) is 10.5. The number of benzene rings is 4. The number of allylic oxidation sites excluding steroid dienone is 1. The van der Waals surface area contributed by atoms with Crippen LogP contribution in [0.2, 0.25) is 0 Å². The summed E-state index contributed by atoms with van der Waals surface area (Å²) in [6.45, 7) is 12.4. The van der Waals surface area contributed by atoms with Crippen LogP contribution in [0.5, 0.6) is 5.75 Å². The zero-order chi connectivity index (χ0) is 42.2. The molecule has 0 atom stereocenters. The van der Waals surface area contributed by atoms with Crippen LogP contribution >= 0.6 is 0 Å². The minimum Gasteiger partial charge on any atom is -0.465 e. The number of alkyl halides is 3. The van der Waals surface area contributed by atoms with Gasteiger partial charge in [-0.05, 0) is 106 Å². The molecule has 1 fully saturated rings. The number of carbonyl (C=O) groups is 3. The second-order valence-electron chi connectivity index (χ2n) is 14.7. The van der Waals surface area contributed by atoms with Gasteiger partial charge < -0.3 is 19.3 Å². The molecular weight excluding hydrogens is 758 g/mol. The lowest BCUT2D eigenvalue weighted by Gasteiger charge is -2.44. The van der Waals surface area contributed by atoms with Gasteiger partial charge >= 0.3 is 12.3 Å². The van der Waals surface area contributed by atoms with Crippen LogP contribution in [0.3, 0.4) is 0 Å². The molecule has 0 N–H and O–H groups in total. The van der Waals surface area contributed by atoms with Crippen molar-refractivity contribution in [2.75, 3.05) is 31.1 Å². The SMILES string of the molecule is C=C(CCc1ccc(F)cc1F)N(CC(=O)N(Cc1ccc(-c2ccc(OC(F)(F)F)cc2)cc1)C1CCN(C(C)(C)C(=O)OCC)CC1)c1ccccc1C(C)=O. The van der Waals surface area contributed by atoms with Crippen molar-refractivity contribution in [1.82, 2.24) is 9.80 Å². The number of carbonyl (C=O) groups excluding carboxylic acids is 3. The van der Waals surface area contributed by atoms with E-state index in [2.05, 4.69) is 16.2 Å². The predicted octanol–water partition coefficient (Wildman–Crippen LogP) is 9.52. The number of likely N-dealkylation sites (tertiary alicyclic amines) is 1. The number of piperidine rings is 1. The summed E-state index contributed by atoms with van der Waals surface area (Å²) in [6.07, 6.45) is -3.33. The van der Waals surface area contributed by atoms with Gasteiger partial charge in [-0.2, -0.15) is 0 Å². The van der Waals surface area contributed by atoms with Crippen LogP contribution in [-0.2, 0) is 27.3 Å². The van der Waals surface area contributed by atoms with Gasteiger partial charge in [-0.25, -0.2) is 8.78 Å². The first-order valence-electron chi connectivity index (χ1n) is 19.1. The molecule has 0 aromatic heterocycles. The highest BCUT2D eigenvalue weighted by molar-refractivity contribution is 6.00. The zero-order valence-corrected chi connectivity index (χ0v) is 33.1. The van der Waals surface area contributed by atoms with Crippen molar-refractivity contribution in [3.63, 3.8) is 0 Å². The summed E-state index contributed by atoms with van der Waals surface area (Å²) < 4.78 is 75.7. The molecule has 1 saturated heterocycles. The van der Waals surface area contributed by atoms with E-state index in [1.807, 2.05) is 38.1 Å². The van der Waals surface area contributed by atoms with Gasteiger partial charge in [-0.1, -0.05) is 61.2 Å². The van der Waals surface area contributed by atoms with Gasteiger partial charge in [0.2, 0.25) is 5.91 Å². The van der Waals surface area contributed by atoms with Crippen molar-refractivity contribution < 1.29 is 45.8 Å². The van der Waals surface area contributed by atoms with Gasteiger partial charge in [0.05, 0.1) is 12.3 Å². The van der Waals surface area contributed by atoms with Crippen molar-refractivity contribution in [3.8, 4) is 16.9 Å². The van der Waals surface area contributed by atoms with Crippen LogP contribution in [-0.4, -0.2) is 71.6 Å². The van der Waals surface area contributed by atoms with E-state index >= 15 is 0 Å². The van der Waals surface area contributed by atoms with Gasteiger partial charge in [0, 0.05) is 43.0 Å². The lowest BCUT2D eigenvalue weighted by atomic mass is 9.95. The van der Waals surface area contributed by atoms with Crippen molar-refractivity contribution >= 4 is 23.3 Å². The van der Waals surface area contributed by atoms with E-state index in [9.17, 15) is 36.3 Å². The number of anilines is 1. The number of aryl methyl sites for hydroxylation is 1. The standard InChI is InChI=1S/C45H48F5N3O5/c1-6-57-43(56)44(4,5)51-25-23-37(24-26-51)53(28-32-12-15-33(16-13-32)34-18-21-38(22-19-34)58-45(48,49)50)42(55)29-52(41-10-8-7-9-39(41)31(3)54)30(2)11-14-35-17-20-36(46)27-40(35)47/h7-10,12-13,15-22,27,37H,2,6,11,14,23-26,28-29H2,1,3-5H3. The first-order chi connectivity index (χ1) is 27.5. The summed E-state index contributed by atoms with van der Waals surface area (Å²) in [5.41, 5.74) is 2.91. The normalized spacial score (nSPS) is 13.8. The maximum atomic E-state index is 14.8. The molecule has 58 heavy (non-hydrogen) atoms. The molecule has 0 unspecified atom stereocenters. The molecular formula is C45H48F5N3O5. The number of amides is 1. The molecule has 0 radical (unpaired) electrons. The Morgan fingerprint density at radius 3 is 2.09 bits per heavy atom.